The molecule has 0 aromatic heterocycles. The second-order valence-corrected chi connectivity index (χ2v) is 11.4. The van der Waals surface area contributed by atoms with Crippen molar-refractivity contribution in [3.63, 3.8) is 0 Å². The summed E-state index contributed by atoms with van der Waals surface area (Å²) in [4.78, 5) is 14.8. The molecule has 8 heteroatoms. The molecule has 246 valence electrons. The van der Waals surface area contributed by atoms with E-state index in [1.54, 1.807) is 12.1 Å². The molecule has 5 nitrogen and oxygen atoms in total. The molecular formula is C37H49F3N2O3. The van der Waals surface area contributed by atoms with E-state index in [-0.39, 0.29) is 17.1 Å². The number of anilines is 2. The summed E-state index contributed by atoms with van der Waals surface area (Å²) in [6, 6.07) is 9.59. The maximum absolute atomic E-state index is 12.8. The highest BCUT2D eigenvalue weighted by Gasteiger charge is 2.30. The second-order valence-electron chi connectivity index (χ2n) is 11.4. The molecule has 2 rings (SSSR count). The van der Waals surface area contributed by atoms with Gasteiger partial charge in [-0.25, -0.2) is 0 Å². The first-order valence-electron chi connectivity index (χ1n) is 15.5. The highest BCUT2D eigenvalue weighted by molar-refractivity contribution is 6.00. The summed E-state index contributed by atoms with van der Waals surface area (Å²) in [5.41, 5.74) is 6.92. The van der Waals surface area contributed by atoms with Crippen molar-refractivity contribution in [1.82, 2.24) is 5.32 Å². The Morgan fingerprint density at radius 3 is 2.13 bits per heavy atom. The maximum atomic E-state index is 12.8. The molecule has 2 unspecified atom stereocenters. The molecular weight excluding hydrogens is 577 g/mol. The minimum absolute atomic E-state index is 0.0942. The van der Waals surface area contributed by atoms with Crippen LogP contribution in [0.5, 0.6) is 11.5 Å². The average Bonchev–Trinajstić information content (AvgIpc) is 3.02. The number of ether oxygens (including phenoxy) is 2. The predicted octanol–water partition coefficient (Wildman–Crippen LogP) is 10.3. The third-order valence-corrected chi connectivity index (χ3v) is 7.99. The first kappa shape index (κ1) is 37.2. The van der Waals surface area contributed by atoms with E-state index in [4.69, 9.17) is 9.47 Å². The zero-order chi connectivity index (χ0) is 33.9. The Bertz CT molecular complexity index is 1400. The SMILES string of the molecule is C=C/C(=C\C(=C/C(C)CC)c1ccc(N(/C=C(/C)CC)c2cc(OC)c(C(=O)NCC(F)(F)F)c(OC)c2)c(C)c1)C(C)CC. The van der Waals surface area contributed by atoms with E-state index in [1.165, 1.54) is 19.8 Å². The normalized spacial score (nSPS) is 14.1. The van der Waals surface area contributed by atoms with Crippen LogP contribution in [0.2, 0.25) is 0 Å². The molecule has 0 aliphatic carbocycles. The summed E-state index contributed by atoms with van der Waals surface area (Å²) in [7, 11) is 2.73. The van der Waals surface area contributed by atoms with E-state index in [9.17, 15) is 18.0 Å². The molecule has 1 amide bonds. The number of benzene rings is 2. The fourth-order valence-corrected chi connectivity index (χ4v) is 4.70. The Kier molecular flexibility index (Phi) is 14.0. The summed E-state index contributed by atoms with van der Waals surface area (Å²) in [6.45, 7) is 17.5. The van der Waals surface area contributed by atoms with Gasteiger partial charge < -0.3 is 19.7 Å². The highest BCUT2D eigenvalue weighted by atomic mass is 19.4. The fourth-order valence-electron chi connectivity index (χ4n) is 4.70. The number of alkyl halides is 3. The van der Waals surface area contributed by atoms with Crippen LogP contribution in [0.15, 0.2) is 72.5 Å². The van der Waals surface area contributed by atoms with E-state index in [0.717, 1.165) is 47.2 Å². The summed E-state index contributed by atoms with van der Waals surface area (Å²) < 4.78 is 49.5. The van der Waals surface area contributed by atoms with Gasteiger partial charge in [0.15, 0.2) is 0 Å². The van der Waals surface area contributed by atoms with Crippen LogP contribution in [0.25, 0.3) is 5.57 Å². The van der Waals surface area contributed by atoms with Crippen molar-refractivity contribution in [2.75, 3.05) is 25.7 Å². The molecule has 0 fully saturated rings. The van der Waals surface area contributed by atoms with Crippen LogP contribution >= 0.6 is 0 Å². The van der Waals surface area contributed by atoms with Gasteiger partial charge in [-0.05, 0) is 72.9 Å². The van der Waals surface area contributed by atoms with E-state index >= 15 is 0 Å². The molecule has 0 bridgehead atoms. The molecule has 0 aliphatic heterocycles. The van der Waals surface area contributed by atoms with Crippen LogP contribution < -0.4 is 19.7 Å². The van der Waals surface area contributed by atoms with E-state index < -0.39 is 18.6 Å². The number of allylic oxidation sites excluding steroid dienone is 6. The van der Waals surface area contributed by atoms with Gasteiger partial charge >= 0.3 is 6.18 Å². The molecule has 1 N–H and O–H groups in total. The minimum atomic E-state index is -4.56. The maximum Gasteiger partial charge on any atom is 0.405 e. The molecule has 2 atom stereocenters. The van der Waals surface area contributed by atoms with Crippen LogP contribution in [-0.4, -0.2) is 32.8 Å². The van der Waals surface area contributed by atoms with Crippen LogP contribution in [0, 0.1) is 18.8 Å². The Labute approximate surface area is 267 Å². The third-order valence-electron chi connectivity index (χ3n) is 7.99. The molecule has 0 heterocycles. The van der Waals surface area contributed by atoms with Crippen LogP contribution in [-0.2, 0) is 0 Å². The number of carbonyl (C=O) groups is 1. The largest absolute Gasteiger partial charge is 0.496 e. The quantitative estimate of drug-likeness (QED) is 0.200. The molecule has 0 saturated carbocycles. The number of methoxy groups -OCH3 is 2. The summed E-state index contributed by atoms with van der Waals surface area (Å²) in [5.74, 6) is 0.0142. The zero-order valence-corrected chi connectivity index (χ0v) is 28.2. The van der Waals surface area contributed by atoms with Crippen molar-refractivity contribution >= 4 is 22.9 Å². The van der Waals surface area contributed by atoms with E-state index in [2.05, 4.69) is 71.5 Å². The van der Waals surface area contributed by atoms with E-state index in [0.29, 0.717) is 17.5 Å². The third kappa shape index (κ3) is 10.3. The molecule has 0 radical (unpaired) electrons. The topological polar surface area (TPSA) is 50.8 Å². The second kappa shape index (κ2) is 16.9. The molecule has 0 spiro atoms. The first-order chi connectivity index (χ1) is 21.2. The monoisotopic (exact) mass is 626 g/mol. The number of rotatable bonds is 15. The molecule has 2 aromatic carbocycles. The van der Waals surface area contributed by atoms with Gasteiger partial charge in [0.25, 0.3) is 5.91 Å². The zero-order valence-electron chi connectivity index (χ0n) is 28.2. The number of aryl methyl sites for hydroxylation is 1. The standard InChI is InChI=1S/C37H49F3N2O3/c1-11-24(5)17-30(19-28(14-4)26(7)13-3)29-15-16-32(27(8)18-29)42(22-25(6)12-2)31-20-33(44-9)35(34(21-31)45-10)36(43)41-23-37(38,39)40/h14-22,24,26H,4,11-13,23H2,1-3,5-10H3,(H,41,43)/b25-22-,28-19+,30-17+. The van der Waals surface area contributed by atoms with Crippen molar-refractivity contribution in [1.29, 1.82) is 0 Å². The van der Waals surface area contributed by atoms with E-state index in [1.807, 2.05) is 36.3 Å². The number of hydrogen-bond acceptors (Lipinski definition) is 4. The van der Waals surface area contributed by atoms with Crippen LogP contribution in [0.1, 0.15) is 82.3 Å². The number of halogens is 3. The molecule has 0 aliphatic rings. The summed E-state index contributed by atoms with van der Waals surface area (Å²) in [5, 5.41) is 1.92. The number of carbonyl (C=O) groups excluding carboxylic acids is 1. The minimum Gasteiger partial charge on any atom is -0.496 e. The average molecular weight is 627 g/mol. The van der Waals surface area contributed by atoms with Gasteiger partial charge in [-0.3, -0.25) is 4.79 Å². The van der Waals surface area contributed by atoms with Gasteiger partial charge in [0.2, 0.25) is 0 Å². The highest BCUT2D eigenvalue weighted by Crippen LogP contribution is 2.40. The smallest absolute Gasteiger partial charge is 0.405 e. The Morgan fingerprint density at radius 1 is 1.04 bits per heavy atom. The number of hydrogen-bond donors (Lipinski definition) is 1. The lowest BCUT2D eigenvalue weighted by Gasteiger charge is -2.26. The van der Waals surface area contributed by atoms with Gasteiger partial charge in [-0.1, -0.05) is 77.5 Å². The number of amides is 1. The summed E-state index contributed by atoms with van der Waals surface area (Å²) >= 11 is 0. The van der Waals surface area contributed by atoms with Crippen molar-refractivity contribution in [2.45, 2.75) is 73.9 Å². The van der Waals surface area contributed by atoms with Crippen molar-refractivity contribution < 1.29 is 27.4 Å². The van der Waals surface area contributed by atoms with Crippen molar-refractivity contribution in [2.24, 2.45) is 11.8 Å². The molecule has 0 saturated heterocycles. The van der Waals surface area contributed by atoms with Crippen molar-refractivity contribution in [3.05, 3.63) is 89.2 Å². The van der Waals surface area contributed by atoms with Gasteiger partial charge in [0, 0.05) is 24.0 Å². The lowest BCUT2D eigenvalue weighted by Crippen LogP contribution is -2.34. The van der Waals surface area contributed by atoms with Gasteiger partial charge in [0.1, 0.15) is 23.6 Å². The van der Waals surface area contributed by atoms with Gasteiger partial charge in [-0.2, -0.15) is 13.2 Å². The Hall–Kier alpha value is -3.94. The van der Waals surface area contributed by atoms with Crippen molar-refractivity contribution in [3.8, 4) is 11.5 Å². The lowest BCUT2D eigenvalue weighted by molar-refractivity contribution is -0.123. The predicted molar refractivity (Wildman–Crippen MR) is 180 cm³/mol. The summed E-state index contributed by atoms with van der Waals surface area (Å²) in [6.07, 6.45) is 6.76. The Balaban J connectivity index is 2.75. The van der Waals surface area contributed by atoms with Crippen LogP contribution in [0.4, 0.5) is 24.5 Å². The van der Waals surface area contributed by atoms with Gasteiger partial charge in [0.05, 0.1) is 19.9 Å². The molecule has 2 aromatic rings. The Morgan fingerprint density at radius 2 is 1.67 bits per heavy atom. The number of nitrogens with one attached hydrogen (secondary N) is 1. The first-order valence-corrected chi connectivity index (χ1v) is 15.5. The van der Waals surface area contributed by atoms with Crippen LogP contribution in [0.3, 0.4) is 0 Å². The number of nitrogens with zero attached hydrogens (tertiary/aromatic N) is 1. The fraction of sp³-hybridized carbons (Fsp3) is 0.432. The molecule has 45 heavy (non-hydrogen) atoms. The van der Waals surface area contributed by atoms with Gasteiger partial charge in [-0.15, -0.1) is 0 Å². The lowest BCUT2D eigenvalue weighted by atomic mass is 9.91.